The van der Waals surface area contributed by atoms with Gasteiger partial charge in [-0.3, -0.25) is 4.79 Å². The largest absolute Gasteiger partial charge is 0.393 e. The van der Waals surface area contributed by atoms with Gasteiger partial charge in [-0.25, -0.2) is 0 Å². The molecule has 0 aliphatic heterocycles. The van der Waals surface area contributed by atoms with Crippen LogP contribution in [0, 0.1) is 11.3 Å². The van der Waals surface area contributed by atoms with Crippen molar-refractivity contribution in [2.45, 2.75) is 71.8 Å². The predicted molar refractivity (Wildman–Crippen MR) is 74.3 cm³/mol. The van der Waals surface area contributed by atoms with Crippen molar-refractivity contribution in [3.05, 3.63) is 0 Å². The molecule has 0 aromatic carbocycles. The van der Waals surface area contributed by atoms with Crippen LogP contribution in [-0.2, 0) is 4.79 Å². The van der Waals surface area contributed by atoms with E-state index in [9.17, 15) is 9.90 Å². The van der Waals surface area contributed by atoms with E-state index in [1.165, 1.54) is 12.8 Å². The van der Waals surface area contributed by atoms with Crippen molar-refractivity contribution in [2.24, 2.45) is 11.3 Å². The molecule has 1 fully saturated rings. The van der Waals surface area contributed by atoms with E-state index in [0.717, 1.165) is 32.1 Å². The summed E-state index contributed by atoms with van der Waals surface area (Å²) in [4.78, 5) is 12.1. The van der Waals surface area contributed by atoms with Crippen LogP contribution >= 0.6 is 0 Å². The first-order valence-electron chi connectivity index (χ1n) is 7.43. The summed E-state index contributed by atoms with van der Waals surface area (Å²) in [6.07, 6.45) is 7.24. The van der Waals surface area contributed by atoms with Gasteiger partial charge in [0.05, 0.1) is 6.10 Å². The Hall–Kier alpha value is -0.570. The lowest BCUT2D eigenvalue weighted by atomic mass is 9.85. The molecule has 0 radical (unpaired) electrons. The molecule has 1 rings (SSSR count). The van der Waals surface area contributed by atoms with Crippen molar-refractivity contribution in [1.29, 1.82) is 0 Å². The monoisotopic (exact) mass is 255 g/mol. The summed E-state index contributed by atoms with van der Waals surface area (Å²) < 4.78 is 0. The molecule has 0 heterocycles. The van der Waals surface area contributed by atoms with Gasteiger partial charge in [-0.1, -0.05) is 46.5 Å². The van der Waals surface area contributed by atoms with E-state index < -0.39 is 0 Å². The fourth-order valence-electron chi connectivity index (χ4n) is 2.65. The number of nitrogens with one attached hydrogen (secondary N) is 1. The van der Waals surface area contributed by atoms with Gasteiger partial charge in [-0.2, -0.15) is 0 Å². The highest BCUT2D eigenvalue weighted by Gasteiger charge is 2.30. The van der Waals surface area contributed by atoms with Crippen molar-refractivity contribution in [2.75, 3.05) is 6.54 Å². The minimum absolute atomic E-state index is 0.137. The topological polar surface area (TPSA) is 49.3 Å². The highest BCUT2D eigenvalue weighted by Crippen LogP contribution is 2.27. The van der Waals surface area contributed by atoms with Gasteiger partial charge in [-0.15, -0.1) is 0 Å². The number of hydrogen-bond acceptors (Lipinski definition) is 2. The number of carbonyl (C=O) groups excluding carboxylic acids is 1. The van der Waals surface area contributed by atoms with Gasteiger partial charge < -0.3 is 10.4 Å². The Kier molecular flexibility index (Phi) is 6.13. The molecule has 0 spiro atoms. The lowest BCUT2D eigenvalue weighted by Crippen LogP contribution is -2.40. The maximum Gasteiger partial charge on any atom is 0.225 e. The number of rotatable bonds is 7. The summed E-state index contributed by atoms with van der Waals surface area (Å²) in [7, 11) is 0. The number of aliphatic hydroxyl groups excluding tert-OH is 1. The predicted octanol–water partition coefficient (Wildman–Crippen LogP) is 2.87. The Morgan fingerprint density at radius 1 is 1.33 bits per heavy atom. The molecule has 2 N–H and O–H groups in total. The van der Waals surface area contributed by atoms with Crippen LogP contribution in [-0.4, -0.2) is 23.7 Å². The summed E-state index contributed by atoms with van der Waals surface area (Å²) >= 11 is 0. The third-order valence-electron chi connectivity index (χ3n) is 4.16. The zero-order valence-corrected chi connectivity index (χ0v) is 12.2. The van der Waals surface area contributed by atoms with Crippen molar-refractivity contribution < 1.29 is 9.90 Å². The van der Waals surface area contributed by atoms with E-state index in [1.54, 1.807) is 0 Å². The Balaban J connectivity index is 2.29. The first kappa shape index (κ1) is 15.5. The molecule has 2 unspecified atom stereocenters. The number of unbranched alkanes of at least 4 members (excludes halogenated alkanes) is 2. The highest BCUT2D eigenvalue weighted by atomic mass is 16.3. The van der Waals surface area contributed by atoms with E-state index in [4.69, 9.17) is 0 Å². The average Bonchev–Trinajstić information content (AvgIpc) is 2.72. The second-order valence-electron chi connectivity index (χ2n) is 6.31. The fraction of sp³-hybridized carbons (Fsp3) is 0.933. The second-order valence-corrected chi connectivity index (χ2v) is 6.31. The van der Waals surface area contributed by atoms with Crippen LogP contribution < -0.4 is 5.32 Å². The van der Waals surface area contributed by atoms with Gasteiger partial charge >= 0.3 is 0 Å². The van der Waals surface area contributed by atoms with Gasteiger partial charge in [0.15, 0.2) is 0 Å². The standard InChI is InChI=1S/C15H29NO2/c1-4-5-6-10-15(2,3)14(18)16-11-12-8-7-9-13(12)17/h12-13,17H,4-11H2,1-3H3,(H,16,18). The molecular formula is C15H29NO2. The van der Waals surface area contributed by atoms with Gasteiger partial charge in [0, 0.05) is 17.9 Å². The molecule has 18 heavy (non-hydrogen) atoms. The van der Waals surface area contributed by atoms with Crippen LogP contribution in [0.3, 0.4) is 0 Å². The van der Waals surface area contributed by atoms with Gasteiger partial charge in [0.2, 0.25) is 5.91 Å². The number of amides is 1. The van der Waals surface area contributed by atoms with E-state index in [-0.39, 0.29) is 23.3 Å². The Bertz CT molecular complexity index is 263. The lowest BCUT2D eigenvalue weighted by molar-refractivity contribution is -0.130. The average molecular weight is 255 g/mol. The SMILES string of the molecule is CCCCCC(C)(C)C(=O)NCC1CCCC1O. The molecule has 1 aliphatic rings. The summed E-state index contributed by atoms with van der Waals surface area (Å²) in [5.74, 6) is 0.401. The first-order chi connectivity index (χ1) is 8.47. The fourth-order valence-corrected chi connectivity index (χ4v) is 2.65. The first-order valence-corrected chi connectivity index (χ1v) is 7.43. The van der Waals surface area contributed by atoms with Crippen LogP contribution in [0.15, 0.2) is 0 Å². The van der Waals surface area contributed by atoms with Crippen LogP contribution in [0.4, 0.5) is 0 Å². The maximum absolute atomic E-state index is 12.1. The van der Waals surface area contributed by atoms with E-state index in [2.05, 4.69) is 12.2 Å². The van der Waals surface area contributed by atoms with Gasteiger partial charge in [0.1, 0.15) is 0 Å². The minimum atomic E-state index is -0.279. The Morgan fingerprint density at radius 3 is 2.61 bits per heavy atom. The lowest BCUT2D eigenvalue weighted by Gasteiger charge is -2.25. The van der Waals surface area contributed by atoms with Crippen molar-refractivity contribution in [3.8, 4) is 0 Å². The summed E-state index contributed by atoms with van der Waals surface area (Å²) in [6, 6.07) is 0. The number of aliphatic hydroxyl groups is 1. The molecule has 106 valence electrons. The van der Waals surface area contributed by atoms with Crippen molar-refractivity contribution in [1.82, 2.24) is 5.32 Å². The maximum atomic E-state index is 12.1. The normalized spacial score (nSPS) is 24.2. The van der Waals surface area contributed by atoms with E-state index >= 15 is 0 Å². The smallest absolute Gasteiger partial charge is 0.225 e. The third kappa shape index (κ3) is 4.60. The molecule has 3 heteroatoms. The zero-order valence-electron chi connectivity index (χ0n) is 12.2. The van der Waals surface area contributed by atoms with Gasteiger partial charge in [-0.05, 0) is 19.3 Å². The number of carbonyl (C=O) groups is 1. The van der Waals surface area contributed by atoms with Crippen molar-refractivity contribution in [3.63, 3.8) is 0 Å². The van der Waals surface area contributed by atoms with Crippen molar-refractivity contribution >= 4 is 5.91 Å². The van der Waals surface area contributed by atoms with Crippen LogP contribution in [0.1, 0.15) is 65.7 Å². The molecule has 0 saturated heterocycles. The summed E-state index contributed by atoms with van der Waals surface area (Å²) in [5.41, 5.74) is -0.279. The Morgan fingerprint density at radius 2 is 2.06 bits per heavy atom. The highest BCUT2D eigenvalue weighted by molar-refractivity contribution is 5.81. The summed E-state index contributed by atoms with van der Waals surface area (Å²) in [5, 5.41) is 12.7. The molecular weight excluding hydrogens is 226 g/mol. The van der Waals surface area contributed by atoms with Crippen LogP contribution in [0.2, 0.25) is 0 Å². The molecule has 1 saturated carbocycles. The number of hydrogen-bond donors (Lipinski definition) is 2. The zero-order chi connectivity index (χ0) is 13.6. The van der Waals surface area contributed by atoms with Gasteiger partial charge in [0.25, 0.3) is 0 Å². The summed E-state index contributed by atoms with van der Waals surface area (Å²) in [6.45, 7) is 6.85. The third-order valence-corrected chi connectivity index (χ3v) is 4.16. The Labute approximate surface area is 111 Å². The van der Waals surface area contributed by atoms with E-state index in [1.807, 2.05) is 13.8 Å². The molecule has 0 bridgehead atoms. The quantitative estimate of drug-likeness (QED) is 0.687. The van der Waals surface area contributed by atoms with Crippen LogP contribution in [0.25, 0.3) is 0 Å². The second kappa shape index (κ2) is 7.13. The molecule has 0 aromatic rings. The van der Waals surface area contributed by atoms with Crippen LogP contribution in [0.5, 0.6) is 0 Å². The molecule has 1 aliphatic carbocycles. The molecule has 2 atom stereocenters. The molecule has 1 amide bonds. The minimum Gasteiger partial charge on any atom is -0.393 e. The van der Waals surface area contributed by atoms with E-state index in [0.29, 0.717) is 6.54 Å². The molecule has 3 nitrogen and oxygen atoms in total. The molecule has 0 aromatic heterocycles.